The molecule has 3 heteroatoms. The standard InChI is InChI=1S/C16H23ClN2/c1-12(10-13-2-4-15(17)5-3-13)18-16-11-19-8-6-14(16)7-9-19/h2-5,12,14,16,18H,6-11H2,1H3. The number of hydrogen-bond donors (Lipinski definition) is 1. The summed E-state index contributed by atoms with van der Waals surface area (Å²) >= 11 is 5.93. The topological polar surface area (TPSA) is 15.3 Å². The Morgan fingerprint density at radius 1 is 1.26 bits per heavy atom. The monoisotopic (exact) mass is 278 g/mol. The van der Waals surface area contributed by atoms with Gasteiger partial charge in [0.25, 0.3) is 0 Å². The van der Waals surface area contributed by atoms with Gasteiger partial charge in [-0.2, -0.15) is 0 Å². The van der Waals surface area contributed by atoms with Gasteiger partial charge in [-0.15, -0.1) is 0 Å². The molecule has 0 saturated carbocycles. The van der Waals surface area contributed by atoms with Gasteiger partial charge in [-0.1, -0.05) is 23.7 Å². The van der Waals surface area contributed by atoms with Crippen LogP contribution in [0.4, 0.5) is 0 Å². The molecular weight excluding hydrogens is 256 g/mol. The normalized spacial score (nSPS) is 31.4. The van der Waals surface area contributed by atoms with Crippen LogP contribution >= 0.6 is 11.6 Å². The van der Waals surface area contributed by atoms with Gasteiger partial charge in [0.05, 0.1) is 0 Å². The molecule has 3 saturated heterocycles. The smallest absolute Gasteiger partial charge is 0.0406 e. The van der Waals surface area contributed by atoms with E-state index in [0.29, 0.717) is 12.1 Å². The van der Waals surface area contributed by atoms with Gasteiger partial charge in [-0.3, -0.25) is 0 Å². The summed E-state index contributed by atoms with van der Waals surface area (Å²) < 4.78 is 0. The van der Waals surface area contributed by atoms with Crippen LogP contribution in [-0.4, -0.2) is 36.6 Å². The average Bonchev–Trinajstić information content (AvgIpc) is 2.43. The fourth-order valence-corrected chi connectivity index (χ4v) is 3.68. The first-order valence-electron chi connectivity index (χ1n) is 7.43. The highest BCUT2D eigenvalue weighted by atomic mass is 35.5. The predicted molar refractivity (Wildman–Crippen MR) is 80.7 cm³/mol. The minimum absolute atomic E-state index is 0.534. The second-order valence-corrected chi connectivity index (χ2v) is 6.58. The van der Waals surface area contributed by atoms with E-state index >= 15 is 0 Å². The molecular formula is C16H23ClN2. The number of piperidine rings is 3. The van der Waals surface area contributed by atoms with Gasteiger partial charge in [0.15, 0.2) is 0 Å². The van der Waals surface area contributed by atoms with Crippen LogP contribution in [0.25, 0.3) is 0 Å². The first-order chi connectivity index (χ1) is 9.20. The van der Waals surface area contributed by atoms with Crippen molar-refractivity contribution < 1.29 is 0 Å². The van der Waals surface area contributed by atoms with Crippen molar-refractivity contribution in [2.75, 3.05) is 19.6 Å². The maximum atomic E-state index is 5.93. The number of halogens is 1. The third kappa shape index (κ3) is 3.31. The van der Waals surface area contributed by atoms with Gasteiger partial charge in [0.2, 0.25) is 0 Å². The third-order valence-corrected chi connectivity index (χ3v) is 4.86. The van der Waals surface area contributed by atoms with Crippen LogP contribution in [0.15, 0.2) is 24.3 Å². The van der Waals surface area contributed by atoms with E-state index in [-0.39, 0.29) is 0 Å². The molecule has 2 nitrogen and oxygen atoms in total. The second-order valence-electron chi connectivity index (χ2n) is 6.14. The molecule has 0 radical (unpaired) electrons. The summed E-state index contributed by atoms with van der Waals surface area (Å²) in [7, 11) is 0. The van der Waals surface area contributed by atoms with Crippen molar-refractivity contribution in [1.82, 2.24) is 10.2 Å². The molecule has 3 heterocycles. The highest BCUT2D eigenvalue weighted by molar-refractivity contribution is 6.30. The zero-order chi connectivity index (χ0) is 13.2. The van der Waals surface area contributed by atoms with Crippen molar-refractivity contribution in [3.05, 3.63) is 34.9 Å². The van der Waals surface area contributed by atoms with E-state index in [9.17, 15) is 0 Å². The molecule has 0 spiro atoms. The average molecular weight is 279 g/mol. The lowest BCUT2D eigenvalue weighted by Gasteiger charge is -2.46. The minimum Gasteiger partial charge on any atom is -0.310 e. The molecule has 0 amide bonds. The minimum atomic E-state index is 0.534. The second kappa shape index (κ2) is 5.82. The summed E-state index contributed by atoms with van der Waals surface area (Å²) in [5.41, 5.74) is 1.37. The maximum Gasteiger partial charge on any atom is 0.0406 e. The number of hydrogen-bond acceptors (Lipinski definition) is 2. The summed E-state index contributed by atoms with van der Waals surface area (Å²) in [6.07, 6.45) is 3.84. The molecule has 3 fully saturated rings. The van der Waals surface area contributed by atoms with E-state index in [2.05, 4.69) is 29.3 Å². The Bertz CT molecular complexity index is 409. The Hall–Kier alpha value is -0.570. The molecule has 2 unspecified atom stereocenters. The first-order valence-corrected chi connectivity index (χ1v) is 7.81. The zero-order valence-electron chi connectivity index (χ0n) is 11.6. The van der Waals surface area contributed by atoms with Crippen molar-refractivity contribution in [2.24, 2.45) is 5.92 Å². The van der Waals surface area contributed by atoms with Crippen LogP contribution in [0, 0.1) is 5.92 Å². The number of benzene rings is 1. The largest absolute Gasteiger partial charge is 0.310 e. The number of rotatable bonds is 4. The quantitative estimate of drug-likeness (QED) is 0.911. The van der Waals surface area contributed by atoms with Gasteiger partial charge in [-0.25, -0.2) is 0 Å². The summed E-state index contributed by atoms with van der Waals surface area (Å²) in [4.78, 5) is 2.60. The predicted octanol–water partition coefficient (Wildman–Crippen LogP) is 2.95. The molecule has 2 atom stereocenters. The van der Waals surface area contributed by atoms with E-state index < -0.39 is 0 Å². The molecule has 1 aromatic rings. The van der Waals surface area contributed by atoms with E-state index in [4.69, 9.17) is 11.6 Å². The molecule has 104 valence electrons. The Kier molecular flexibility index (Phi) is 4.11. The number of fused-ring (bicyclic) bond motifs is 3. The lowest BCUT2D eigenvalue weighted by Crippen LogP contribution is -2.57. The van der Waals surface area contributed by atoms with Crippen LogP contribution < -0.4 is 5.32 Å². The summed E-state index contributed by atoms with van der Waals surface area (Å²) in [6.45, 7) is 6.17. The molecule has 1 aromatic carbocycles. The fraction of sp³-hybridized carbons (Fsp3) is 0.625. The highest BCUT2D eigenvalue weighted by Gasteiger charge is 2.34. The van der Waals surface area contributed by atoms with E-state index in [1.54, 1.807) is 0 Å². The van der Waals surface area contributed by atoms with Gasteiger partial charge in [0.1, 0.15) is 0 Å². The van der Waals surface area contributed by atoms with Crippen molar-refractivity contribution >= 4 is 11.6 Å². The van der Waals surface area contributed by atoms with E-state index in [1.807, 2.05) is 12.1 Å². The Balaban J connectivity index is 1.53. The van der Waals surface area contributed by atoms with Gasteiger partial charge >= 0.3 is 0 Å². The summed E-state index contributed by atoms with van der Waals surface area (Å²) in [6, 6.07) is 9.47. The Morgan fingerprint density at radius 3 is 2.53 bits per heavy atom. The Morgan fingerprint density at radius 2 is 1.95 bits per heavy atom. The summed E-state index contributed by atoms with van der Waals surface area (Å²) in [5, 5.41) is 4.66. The molecule has 0 aliphatic carbocycles. The van der Waals surface area contributed by atoms with Crippen molar-refractivity contribution in [3.63, 3.8) is 0 Å². The van der Waals surface area contributed by atoms with Crippen LogP contribution in [0.5, 0.6) is 0 Å². The zero-order valence-corrected chi connectivity index (χ0v) is 12.4. The molecule has 3 aliphatic rings. The molecule has 0 aromatic heterocycles. The van der Waals surface area contributed by atoms with Crippen molar-refractivity contribution in [3.8, 4) is 0 Å². The molecule has 3 aliphatic heterocycles. The SMILES string of the molecule is CC(Cc1ccc(Cl)cc1)NC1CN2CCC1CC2. The number of nitrogens with one attached hydrogen (secondary N) is 1. The molecule has 2 bridgehead atoms. The van der Waals surface area contributed by atoms with Gasteiger partial charge < -0.3 is 10.2 Å². The van der Waals surface area contributed by atoms with Crippen LogP contribution in [0.2, 0.25) is 5.02 Å². The van der Waals surface area contributed by atoms with E-state index in [0.717, 1.165) is 17.4 Å². The molecule has 4 rings (SSSR count). The van der Waals surface area contributed by atoms with Gasteiger partial charge in [0, 0.05) is 23.7 Å². The summed E-state index contributed by atoms with van der Waals surface area (Å²) in [5.74, 6) is 0.901. The lowest BCUT2D eigenvalue weighted by molar-refractivity contribution is 0.0680. The van der Waals surface area contributed by atoms with Crippen molar-refractivity contribution in [2.45, 2.75) is 38.3 Å². The maximum absolute atomic E-state index is 5.93. The third-order valence-electron chi connectivity index (χ3n) is 4.61. The first kappa shape index (κ1) is 13.4. The number of nitrogens with zero attached hydrogens (tertiary/aromatic N) is 1. The Labute approximate surface area is 121 Å². The van der Waals surface area contributed by atoms with Gasteiger partial charge in [-0.05, 0) is 62.9 Å². The lowest BCUT2D eigenvalue weighted by atomic mass is 9.83. The molecule has 19 heavy (non-hydrogen) atoms. The van der Waals surface area contributed by atoms with Crippen LogP contribution in [-0.2, 0) is 6.42 Å². The molecule has 1 N–H and O–H groups in total. The fourth-order valence-electron chi connectivity index (χ4n) is 3.55. The van der Waals surface area contributed by atoms with Crippen LogP contribution in [0.1, 0.15) is 25.3 Å². The van der Waals surface area contributed by atoms with Crippen molar-refractivity contribution in [1.29, 1.82) is 0 Å². The van der Waals surface area contributed by atoms with Crippen LogP contribution in [0.3, 0.4) is 0 Å². The highest BCUT2D eigenvalue weighted by Crippen LogP contribution is 2.27. The van der Waals surface area contributed by atoms with E-state index in [1.165, 1.54) is 38.0 Å².